The van der Waals surface area contributed by atoms with Crippen LogP contribution in [0.25, 0.3) is 0 Å². The van der Waals surface area contributed by atoms with E-state index in [2.05, 4.69) is 21.2 Å². The van der Waals surface area contributed by atoms with E-state index >= 15 is 0 Å². The predicted molar refractivity (Wildman–Crippen MR) is 47.8 cm³/mol. The second kappa shape index (κ2) is 2.87. The molecular weight excluding hydrogens is 222 g/mol. The van der Waals surface area contributed by atoms with Crippen LogP contribution in [0.2, 0.25) is 0 Å². The van der Waals surface area contributed by atoms with Crippen molar-refractivity contribution >= 4 is 15.9 Å². The summed E-state index contributed by atoms with van der Waals surface area (Å²) in [6.07, 6.45) is 2.30. The summed E-state index contributed by atoms with van der Waals surface area (Å²) in [6, 6.07) is 1.81. The van der Waals surface area contributed by atoms with E-state index in [-0.39, 0.29) is 0 Å². The summed E-state index contributed by atoms with van der Waals surface area (Å²) in [7, 11) is 0. The Hall–Kier alpha value is -0.320. The predicted octanol–water partition coefficient (Wildman–Crippen LogP) is 1.22. The molecule has 1 aliphatic rings. The second-order valence-corrected chi connectivity index (χ2v) is 4.00. The number of halogens is 1. The third-order valence-corrected chi connectivity index (χ3v) is 2.57. The van der Waals surface area contributed by atoms with Gasteiger partial charge in [-0.25, -0.2) is 0 Å². The van der Waals surface area contributed by atoms with Gasteiger partial charge >= 0.3 is 0 Å². The van der Waals surface area contributed by atoms with Crippen molar-refractivity contribution < 1.29 is 9.52 Å². The Morgan fingerprint density at radius 3 is 3.00 bits per heavy atom. The first kappa shape index (κ1) is 8.29. The SMILES string of the molecule is OC1(c2cc(Br)co2)CCNC1. The minimum atomic E-state index is -0.800. The van der Waals surface area contributed by atoms with Gasteiger partial charge in [-0.2, -0.15) is 0 Å². The third kappa shape index (κ3) is 1.30. The van der Waals surface area contributed by atoms with Crippen LogP contribution in [-0.2, 0) is 5.60 Å². The van der Waals surface area contributed by atoms with Gasteiger partial charge in [0.1, 0.15) is 17.6 Å². The zero-order valence-corrected chi connectivity index (χ0v) is 8.10. The Bertz CT molecular complexity index is 278. The average Bonchev–Trinajstić information content (AvgIpc) is 2.59. The molecule has 3 nitrogen and oxygen atoms in total. The van der Waals surface area contributed by atoms with Crippen LogP contribution in [0.4, 0.5) is 0 Å². The summed E-state index contributed by atoms with van der Waals surface area (Å²) in [5.74, 6) is 0.638. The first-order valence-corrected chi connectivity index (χ1v) is 4.68. The van der Waals surface area contributed by atoms with Crippen LogP contribution >= 0.6 is 15.9 Å². The van der Waals surface area contributed by atoms with Gasteiger partial charge in [0.25, 0.3) is 0 Å². The van der Waals surface area contributed by atoms with Crippen molar-refractivity contribution in [2.45, 2.75) is 12.0 Å². The first-order valence-electron chi connectivity index (χ1n) is 3.88. The molecule has 1 aromatic heterocycles. The van der Waals surface area contributed by atoms with E-state index in [0.717, 1.165) is 11.0 Å². The van der Waals surface area contributed by atoms with Crippen LogP contribution in [0.15, 0.2) is 21.2 Å². The molecule has 1 saturated heterocycles. The highest BCUT2D eigenvalue weighted by Crippen LogP contribution is 2.30. The molecule has 0 aliphatic carbocycles. The molecule has 1 unspecified atom stereocenters. The van der Waals surface area contributed by atoms with Gasteiger partial charge in [0, 0.05) is 6.54 Å². The number of hydrogen-bond donors (Lipinski definition) is 2. The second-order valence-electron chi connectivity index (χ2n) is 3.09. The minimum absolute atomic E-state index is 0.576. The number of hydrogen-bond acceptors (Lipinski definition) is 3. The van der Waals surface area contributed by atoms with Gasteiger partial charge in [-0.05, 0) is 35.0 Å². The van der Waals surface area contributed by atoms with Crippen LogP contribution < -0.4 is 5.32 Å². The van der Waals surface area contributed by atoms with E-state index in [1.807, 2.05) is 6.07 Å². The van der Waals surface area contributed by atoms with Crippen molar-refractivity contribution in [1.29, 1.82) is 0 Å². The van der Waals surface area contributed by atoms with Gasteiger partial charge in [-0.3, -0.25) is 0 Å². The molecule has 1 fully saturated rings. The maximum absolute atomic E-state index is 10.00. The van der Waals surface area contributed by atoms with Gasteiger partial charge < -0.3 is 14.8 Å². The van der Waals surface area contributed by atoms with Crippen LogP contribution in [0.5, 0.6) is 0 Å². The lowest BCUT2D eigenvalue weighted by atomic mass is 10.0. The number of furan rings is 1. The molecule has 1 aromatic rings. The first-order chi connectivity index (χ1) is 5.71. The zero-order valence-electron chi connectivity index (χ0n) is 6.51. The standard InChI is InChI=1S/C8H10BrNO2/c9-6-3-7(12-4-6)8(11)1-2-10-5-8/h3-4,10-11H,1-2,5H2. The van der Waals surface area contributed by atoms with Gasteiger partial charge in [0.05, 0.1) is 4.47 Å². The topological polar surface area (TPSA) is 45.4 Å². The molecule has 0 saturated carbocycles. The summed E-state index contributed by atoms with van der Waals surface area (Å²) in [4.78, 5) is 0. The van der Waals surface area contributed by atoms with Crippen LogP contribution in [0.3, 0.4) is 0 Å². The molecular formula is C8H10BrNO2. The molecule has 1 aliphatic heterocycles. The molecule has 2 heterocycles. The van der Waals surface area contributed by atoms with Gasteiger partial charge in [-0.15, -0.1) is 0 Å². The van der Waals surface area contributed by atoms with Crippen molar-refractivity contribution in [1.82, 2.24) is 5.32 Å². The van der Waals surface area contributed by atoms with Gasteiger partial charge in [-0.1, -0.05) is 0 Å². The van der Waals surface area contributed by atoms with E-state index in [0.29, 0.717) is 18.7 Å². The van der Waals surface area contributed by atoms with Crippen LogP contribution in [-0.4, -0.2) is 18.2 Å². The van der Waals surface area contributed by atoms with E-state index in [4.69, 9.17) is 4.42 Å². The molecule has 2 rings (SSSR count). The normalized spacial score (nSPS) is 29.5. The fourth-order valence-corrected chi connectivity index (χ4v) is 1.75. The van der Waals surface area contributed by atoms with E-state index in [9.17, 15) is 5.11 Å². The molecule has 0 aromatic carbocycles. The van der Waals surface area contributed by atoms with Crippen molar-refractivity contribution in [2.24, 2.45) is 0 Å². The molecule has 0 amide bonds. The lowest BCUT2D eigenvalue weighted by Crippen LogP contribution is -2.27. The summed E-state index contributed by atoms with van der Waals surface area (Å²) < 4.78 is 6.09. The fraction of sp³-hybridized carbons (Fsp3) is 0.500. The summed E-state index contributed by atoms with van der Waals surface area (Å²) in [6.45, 7) is 1.42. The number of nitrogens with one attached hydrogen (secondary N) is 1. The Kier molecular flexibility index (Phi) is 1.98. The van der Waals surface area contributed by atoms with Crippen LogP contribution in [0.1, 0.15) is 12.2 Å². The maximum Gasteiger partial charge on any atom is 0.137 e. The van der Waals surface area contributed by atoms with Gasteiger partial charge in [0.15, 0.2) is 0 Å². The lowest BCUT2D eigenvalue weighted by molar-refractivity contribution is 0.0355. The van der Waals surface area contributed by atoms with Crippen molar-refractivity contribution in [3.05, 3.63) is 22.6 Å². The highest BCUT2D eigenvalue weighted by molar-refractivity contribution is 9.10. The minimum Gasteiger partial charge on any atom is -0.465 e. The average molecular weight is 232 g/mol. The highest BCUT2D eigenvalue weighted by atomic mass is 79.9. The largest absolute Gasteiger partial charge is 0.465 e. The Balaban J connectivity index is 2.28. The van der Waals surface area contributed by atoms with E-state index in [1.54, 1.807) is 6.26 Å². The molecule has 0 bridgehead atoms. The van der Waals surface area contributed by atoms with E-state index < -0.39 is 5.60 Å². The highest BCUT2D eigenvalue weighted by Gasteiger charge is 2.35. The number of rotatable bonds is 1. The molecule has 66 valence electrons. The smallest absolute Gasteiger partial charge is 0.137 e. The Morgan fingerprint density at radius 2 is 2.50 bits per heavy atom. The molecule has 0 spiro atoms. The molecule has 0 radical (unpaired) electrons. The molecule has 2 N–H and O–H groups in total. The quantitative estimate of drug-likeness (QED) is 0.765. The Labute approximate surface area is 78.9 Å². The fourth-order valence-electron chi connectivity index (χ4n) is 1.45. The summed E-state index contributed by atoms with van der Waals surface area (Å²) in [5, 5.41) is 13.1. The molecule has 4 heteroatoms. The van der Waals surface area contributed by atoms with Crippen molar-refractivity contribution in [3.8, 4) is 0 Å². The maximum atomic E-state index is 10.00. The summed E-state index contributed by atoms with van der Waals surface area (Å²) >= 11 is 3.28. The summed E-state index contributed by atoms with van der Waals surface area (Å²) in [5.41, 5.74) is -0.800. The lowest BCUT2D eigenvalue weighted by Gasteiger charge is -2.17. The monoisotopic (exact) mass is 231 g/mol. The molecule has 12 heavy (non-hydrogen) atoms. The third-order valence-electron chi connectivity index (χ3n) is 2.16. The van der Waals surface area contributed by atoms with Crippen molar-refractivity contribution in [3.63, 3.8) is 0 Å². The molecule has 1 atom stereocenters. The number of β-amino-alcohol motifs (C(OH)–C–C–N with tert-alkyl or cyclic N) is 1. The van der Waals surface area contributed by atoms with E-state index in [1.165, 1.54) is 0 Å². The van der Waals surface area contributed by atoms with Gasteiger partial charge in [0.2, 0.25) is 0 Å². The van der Waals surface area contributed by atoms with Crippen LogP contribution in [0, 0.1) is 0 Å². The number of aliphatic hydroxyl groups is 1. The van der Waals surface area contributed by atoms with Crippen molar-refractivity contribution in [2.75, 3.05) is 13.1 Å². The Morgan fingerprint density at radius 1 is 1.67 bits per heavy atom. The zero-order chi connectivity index (χ0) is 8.60.